The standard InChI is InChI=1S/C12H16BrF3N2OS/c1-11(2,3)20(19)18-17-10(12(14,15)16)8-4-6-9(13)7-5-8/h4-7,10,17-18H,1-3H3/t10-,20?/m1/s1. The van der Waals surface area contributed by atoms with Gasteiger partial charge in [-0.1, -0.05) is 28.1 Å². The lowest BCUT2D eigenvalue weighted by Gasteiger charge is -2.25. The van der Waals surface area contributed by atoms with Crippen molar-refractivity contribution in [2.24, 2.45) is 0 Å². The summed E-state index contributed by atoms with van der Waals surface area (Å²) in [7, 11) is -1.64. The summed E-state index contributed by atoms with van der Waals surface area (Å²) in [6.45, 7) is 5.00. The summed E-state index contributed by atoms with van der Waals surface area (Å²) in [4.78, 5) is 2.23. The van der Waals surface area contributed by atoms with Gasteiger partial charge in [-0.15, -0.1) is 0 Å². The molecule has 0 bridgehead atoms. The Morgan fingerprint density at radius 2 is 1.65 bits per heavy atom. The van der Waals surface area contributed by atoms with E-state index in [9.17, 15) is 17.4 Å². The molecule has 0 spiro atoms. The van der Waals surface area contributed by atoms with Crippen LogP contribution in [0.1, 0.15) is 32.4 Å². The number of benzene rings is 1. The van der Waals surface area contributed by atoms with Crippen molar-refractivity contribution in [3.63, 3.8) is 0 Å². The van der Waals surface area contributed by atoms with Gasteiger partial charge in [0.25, 0.3) is 0 Å². The first-order valence-corrected chi connectivity index (χ1v) is 7.71. The van der Waals surface area contributed by atoms with Crippen molar-refractivity contribution >= 4 is 26.9 Å². The second-order valence-electron chi connectivity index (χ2n) is 5.15. The second kappa shape index (κ2) is 6.55. The molecule has 20 heavy (non-hydrogen) atoms. The lowest BCUT2D eigenvalue weighted by atomic mass is 10.1. The van der Waals surface area contributed by atoms with Gasteiger partial charge in [-0.2, -0.15) is 18.0 Å². The molecule has 1 unspecified atom stereocenters. The Hall–Kier alpha value is -0.440. The van der Waals surface area contributed by atoms with Crippen molar-refractivity contribution < 1.29 is 17.4 Å². The highest BCUT2D eigenvalue weighted by atomic mass is 79.9. The molecule has 0 heterocycles. The van der Waals surface area contributed by atoms with E-state index in [-0.39, 0.29) is 5.56 Å². The average molecular weight is 373 g/mol. The molecule has 0 radical (unpaired) electrons. The van der Waals surface area contributed by atoms with Crippen molar-refractivity contribution in [1.82, 2.24) is 10.3 Å². The van der Waals surface area contributed by atoms with Crippen LogP contribution in [0.4, 0.5) is 13.2 Å². The largest absolute Gasteiger partial charge is 0.409 e. The second-order valence-corrected chi connectivity index (χ2v) is 8.04. The Balaban J connectivity index is 2.87. The normalized spacial score (nSPS) is 15.9. The lowest BCUT2D eigenvalue weighted by Crippen LogP contribution is -2.47. The molecule has 8 heteroatoms. The average Bonchev–Trinajstić information content (AvgIpc) is 2.28. The molecule has 0 aliphatic heterocycles. The third-order valence-electron chi connectivity index (χ3n) is 2.38. The van der Waals surface area contributed by atoms with E-state index < -0.39 is 28.0 Å². The number of hydrazine groups is 1. The first kappa shape index (κ1) is 17.6. The molecule has 114 valence electrons. The number of hydrogen-bond donors (Lipinski definition) is 2. The number of hydrogen-bond acceptors (Lipinski definition) is 2. The maximum absolute atomic E-state index is 13.0. The molecule has 2 N–H and O–H groups in total. The molecule has 0 saturated heterocycles. The van der Waals surface area contributed by atoms with Gasteiger partial charge in [-0.05, 0) is 38.5 Å². The molecular formula is C12H16BrF3N2OS. The van der Waals surface area contributed by atoms with Crippen LogP contribution in [0, 0.1) is 0 Å². The molecular weight excluding hydrogens is 357 g/mol. The highest BCUT2D eigenvalue weighted by molar-refractivity contribution is 9.10. The molecule has 0 fully saturated rings. The van der Waals surface area contributed by atoms with Crippen LogP contribution >= 0.6 is 15.9 Å². The molecule has 0 aliphatic carbocycles. The van der Waals surface area contributed by atoms with Crippen LogP contribution in [0.5, 0.6) is 0 Å². The van der Waals surface area contributed by atoms with Crippen molar-refractivity contribution in [3.05, 3.63) is 34.3 Å². The van der Waals surface area contributed by atoms with Crippen LogP contribution in [0.25, 0.3) is 0 Å². The van der Waals surface area contributed by atoms with Crippen LogP contribution in [-0.2, 0) is 11.0 Å². The van der Waals surface area contributed by atoms with E-state index in [1.165, 1.54) is 24.3 Å². The van der Waals surface area contributed by atoms with E-state index in [0.717, 1.165) is 0 Å². The van der Waals surface area contributed by atoms with Crippen LogP contribution in [-0.4, -0.2) is 15.1 Å². The van der Waals surface area contributed by atoms with Crippen LogP contribution in [0.15, 0.2) is 28.7 Å². The highest BCUT2D eigenvalue weighted by Gasteiger charge is 2.41. The zero-order valence-corrected chi connectivity index (χ0v) is 13.6. The van der Waals surface area contributed by atoms with Crippen molar-refractivity contribution in [3.8, 4) is 0 Å². The minimum atomic E-state index is -4.50. The fraction of sp³-hybridized carbons (Fsp3) is 0.500. The summed E-state index contributed by atoms with van der Waals surface area (Å²) < 4.78 is 50.9. The Labute approximate surface area is 127 Å². The summed E-state index contributed by atoms with van der Waals surface area (Å²) in [6.07, 6.45) is -4.50. The summed E-state index contributed by atoms with van der Waals surface area (Å²) in [5.74, 6) is 0. The molecule has 3 nitrogen and oxygen atoms in total. The van der Waals surface area contributed by atoms with Crippen LogP contribution in [0.2, 0.25) is 0 Å². The van der Waals surface area contributed by atoms with E-state index >= 15 is 0 Å². The fourth-order valence-electron chi connectivity index (χ4n) is 1.27. The van der Waals surface area contributed by atoms with Crippen molar-refractivity contribution in [2.75, 3.05) is 0 Å². The molecule has 0 aliphatic rings. The summed E-state index contributed by atoms with van der Waals surface area (Å²) in [5.41, 5.74) is 2.15. The van der Waals surface area contributed by atoms with Gasteiger partial charge in [-0.25, -0.2) is 9.63 Å². The summed E-state index contributed by atoms with van der Waals surface area (Å²) in [5, 5.41) is 0. The van der Waals surface area contributed by atoms with E-state index in [4.69, 9.17) is 0 Å². The predicted molar refractivity (Wildman–Crippen MR) is 77.1 cm³/mol. The zero-order chi connectivity index (χ0) is 15.6. The van der Waals surface area contributed by atoms with E-state index in [0.29, 0.717) is 4.47 Å². The molecule has 0 amide bonds. The van der Waals surface area contributed by atoms with Crippen LogP contribution < -0.4 is 10.3 Å². The maximum atomic E-state index is 13.0. The number of nitrogens with one attached hydrogen (secondary N) is 2. The number of alkyl halides is 3. The molecule has 1 rings (SSSR count). The number of halogens is 4. The summed E-state index contributed by atoms with van der Waals surface area (Å²) in [6, 6.07) is 3.84. The van der Waals surface area contributed by atoms with E-state index in [1.54, 1.807) is 20.8 Å². The molecule has 0 saturated carbocycles. The number of rotatable bonds is 4. The maximum Gasteiger partial charge on any atom is 0.409 e. The topological polar surface area (TPSA) is 41.1 Å². The molecule has 1 aromatic rings. The van der Waals surface area contributed by atoms with Gasteiger partial charge in [0.1, 0.15) is 17.0 Å². The van der Waals surface area contributed by atoms with Crippen molar-refractivity contribution in [1.29, 1.82) is 0 Å². The predicted octanol–water partition coefficient (Wildman–Crippen LogP) is 3.61. The molecule has 1 aromatic carbocycles. The fourth-order valence-corrected chi connectivity index (χ4v) is 2.07. The van der Waals surface area contributed by atoms with Gasteiger partial charge in [0, 0.05) is 4.47 Å². The van der Waals surface area contributed by atoms with Gasteiger partial charge >= 0.3 is 6.18 Å². The minimum Gasteiger partial charge on any atom is -0.241 e. The molecule has 0 aromatic heterocycles. The Morgan fingerprint density at radius 3 is 2.05 bits per heavy atom. The lowest BCUT2D eigenvalue weighted by molar-refractivity contribution is -0.158. The van der Waals surface area contributed by atoms with Gasteiger partial charge in [0.05, 0.1) is 4.75 Å². The van der Waals surface area contributed by atoms with E-state index in [1.807, 2.05) is 0 Å². The highest BCUT2D eigenvalue weighted by Crippen LogP contribution is 2.32. The SMILES string of the molecule is CC(C)(C)S(=O)NN[C@H](c1ccc(Br)cc1)C(F)(F)F. The van der Waals surface area contributed by atoms with Crippen LogP contribution in [0.3, 0.4) is 0 Å². The van der Waals surface area contributed by atoms with Gasteiger partial charge < -0.3 is 0 Å². The first-order valence-electron chi connectivity index (χ1n) is 5.77. The van der Waals surface area contributed by atoms with Gasteiger partial charge in [0.15, 0.2) is 0 Å². The minimum absolute atomic E-state index is 0.0408. The van der Waals surface area contributed by atoms with Gasteiger partial charge in [-0.3, -0.25) is 0 Å². The Bertz CT molecular complexity index is 471. The summed E-state index contributed by atoms with van der Waals surface area (Å²) >= 11 is 3.17. The molecule has 2 atom stereocenters. The smallest absolute Gasteiger partial charge is 0.241 e. The van der Waals surface area contributed by atoms with Crippen molar-refractivity contribution in [2.45, 2.75) is 37.7 Å². The van der Waals surface area contributed by atoms with Gasteiger partial charge in [0.2, 0.25) is 0 Å². The van der Waals surface area contributed by atoms with E-state index in [2.05, 4.69) is 26.2 Å². The Morgan fingerprint density at radius 1 is 1.15 bits per heavy atom. The Kier molecular flexibility index (Phi) is 5.77. The quantitative estimate of drug-likeness (QED) is 0.792. The third kappa shape index (κ3) is 5.16. The first-order chi connectivity index (χ1) is 9.01. The zero-order valence-electron chi connectivity index (χ0n) is 11.2. The third-order valence-corrected chi connectivity index (χ3v) is 4.33. The monoisotopic (exact) mass is 372 g/mol.